The van der Waals surface area contributed by atoms with Crippen molar-refractivity contribution in [2.75, 3.05) is 13.1 Å². The SMILES string of the molecule is C=CCNC(=O)C(=O)NCC(O)c1cccc2ccccc12. The van der Waals surface area contributed by atoms with Crippen LogP contribution in [0, 0.1) is 0 Å². The van der Waals surface area contributed by atoms with Gasteiger partial charge in [0.05, 0.1) is 6.10 Å². The second-order valence-electron chi connectivity index (χ2n) is 4.79. The molecule has 0 aliphatic carbocycles. The molecular weight excluding hydrogens is 280 g/mol. The zero-order valence-corrected chi connectivity index (χ0v) is 12.1. The lowest BCUT2D eigenvalue weighted by Gasteiger charge is -2.14. The molecule has 0 bridgehead atoms. The van der Waals surface area contributed by atoms with Crippen molar-refractivity contribution in [1.29, 1.82) is 0 Å². The molecule has 0 fully saturated rings. The molecule has 0 radical (unpaired) electrons. The van der Waals surface area contributed by atoms with Crippen LogP contribution in [0.4, 0.5) is 0 Å². The standard InChI is InChI=1S/C17H18N2O3/c1-2-10-18-16(21)17(22)19-11-15(20)14-9-5-7-12-6-3-4-8-13(12)14/h2-9,15,20H,1,10-11H2,(H,18,21)(H,19,22). The Morgan fingerprint density at radius 3 is 2.55 bits per heavy atom. The van der Waals surface area contributed by atoms with E-state index < -0.39 is 17.9 Å². The van der Waals surface area contributed by atoms with Gasteiger partial charge in [0.1, 0.15) is 0 Å². The van der Waals surface area contributed by atoms with E-state index in [9.17, 15) is 14.7 Å². The Bertz CT molecular complexity index is 692. The Labute approximate surface area is 128 Å². The molecule has 22 heavy (non-hydrogen) atoms. The summed E-state index contributed by atoms with van der Waals surface area (Å²) in [4.78, 5) is 23.0. The number of amides is 2. The van der Waals surface area contributed by atoms with Crippen LogP contribution in [0.3, 0.4) is 0 Å². The number of aliphatic hydroxyl groups is 1. The first-order valence-electron chi connectivity index (χ1n) is 6.96. The lowest BCUT2D eigenvalue weighted by Crippen LogP contribution is -2.41. The van der Waals surface area contributed by atoms with E-state index in [1.165, 1.54) is 6.08 Å². The number of nitrogens with one attached hydrogen (secondary N) is 2. The lowest BCUT2D eigenvalue weighted by atomic mass is 10.0. The molecule has 0 aromatic heterocycles. The number of benzene rings is 2. The minimum absolute atomic E-state index is 0.0334. The maximum atomic E-state index is 11.6. The van der Waals surface area contributed by atoms with E-state index in [-0.39, 0.29) is 13.1 Å². The normalized spacial score (nSPS) is 11.7. The molecule has 2 aromatic carbocycles. The van der Waals surface area contributed by atoms with E-state index in [1.54, 1.807) is 6.07 Å². The summed E-state index contributed by atoms with van der Waals surface area (Å²) in [5.41, 5.74) is 0.713. The predicted octanol–water partition coefficient (Wildman–Crippen LogP) is 1.29. The van der Waals surface area contributed by atoms with Crippen LogP contribution in [0.5, 0.6) is 0 Å². The molecule has 0 heterocycles. The summed E-state index contributed by atoms with van der Waals surface area (Å²) in [7, 11) is 0. The van der Waals surface area contributed by atoms with Gasteiger partial charge in [0, 0.05) is 13.1 Å². The van der Waals surface area contributed by atoms with E-state index in [0.29, 0.717) is 5.56 Å². The van der Waals surface area contributed by atoms with Crippen molar-refractivity contribution in [1.82, 2.24) is 10.6 Å². The third kappa shape index (κ3) is 3.71. The molecule has 2 rings (SSSR count). The highest BCUT2D eigenvalue weighted by atomic mass is 16.3. The molecule has 3 N–H and O–H groups in total. The number of carbonyl (C=O) groups excluding carboxylic acids is 2. The summed E-state index contributed by atoms with van der Waals surface area (Å²) >= 11 is 0. The molecule has 114 valence electrons. The van der Waals surface area contributed by atoms with Crippen LogP contribution < -0.4 is 10.6 Å². The van der Waals surface area contributed by atoms with Crippen LogP contribution in [0.2, 0.25) is 0 Å². The van der Waals surface area contributed by atoms with E-state index in [0.717, 1.165) is 10.8 Å². The van der Waals surface area contributed by atoms with Crippen LogP contribution in [0.15, 0.2) is 55.1 Å². The fraction of sp³-hybridized carbons (Fsp3) is 0.176. The number of rotatable bonds is 5. The molecule has 0 aliphatic rings. The molecule has 0 spiro atoms. The Morgan fingerprint density at radius 1 is 1.09 bits per heavy atom. The molecule has 5 nitrogen and oxygen atoms in total. The quantitative estimate of drug-likeness (QED) is 0.575. The van der Waals surface area contributed by atoms with Crippen LogP contribution >= 0.6 is 0 Å². The monoisotopic (exact) mass is 298 g/mol. The first-order valence-corrected chi connectivity index (χ1v) is 6.96. The van der Waals surface area contributed by atoms with Crippen molar-refractivity contribution in [3.8, 4) is 0 Å². The molecular formula is C17H18N2O3. The fourth-order valence-electron chi connectivity index (χ4n) is 2.17. The molecule has 2 amide bonds. The highest BCUT2D eigenvalue weighted by Crippen LogP contribution is 2.23. The largest absolute Gasteiger partial charge is 0.387 e. The van der Waals surface area contributed by atoms with Gasteiger partial charge in [0.15, 0.2) is 0 Å². The van der Waals surface area contributed by atoms with Gasteiger partial charge in [0.25, 0.3) is 0 Å². The van der Waals surface area contributed by atoms with Crippen LogP contribution in [0.25, 0.3) is 10.8 Å². The molecule has 1 atom stereocenters. The second kappa shape index (κ2) is 7.38. The Hall–Kier alpha value is -2.66. The summed E-state index contributed by atoms with van der Waals surface area (Å²) in [6.45, 7) is 3.64. The van der Waals surface area contributed by atoms with Crippen molar-refractivity contribution in [2.45, 2.75) is 6.10 Å². The first kappa shape index (κ1) is 15.7. The number of hydrogen-bond donors (Lipinski definition) is 3. The number of carbonyl (C=O) groups is 2. The lowest BCUT2D eigenvalue weighted by molar-refractivity contribution is -0.139. The maximum Gasteiger partial charge on any atom is 0.309 e. The molecule has 1 unspecified atom stereocenters. The average Bonchev–Trinajstić information content (AvgIpc) is 2.56. The molecule has 2 aromatic rings. The molecule has 0 saturated heterocycles. The van der Waals surface area contributed by atoms with Crippen LogP contribution in [-0.2, 0) is 9.59 Å². The minimum atomic E-state index is -0.887. The number of hydrogen-bond acceptors (Lipinski definition) is 3. The number of aliphatic hydroxyl groups excluding tert-OH is 1. The van der Waals surface area contributed by atoms with Gasteiger partial charge in [-0.25, -0.2) is 0 Å². The van der Waals surface area contributed by atoms with Gasteiger partial charge in [-0.2, -0.15) is 0 Å². The average molecular weight is 298 g/mol. The topological polar surface area (TPSA) is 78.4 Å². The summed E-state index contributed by atoms with van der Waals surface area (Å²) in [6.07, 6.45) is 0.595. The molecule has 0 aliphatic heterocycles. The summed E-state index contributed by atoms with van der Waals surface area (Å²) in [5.74, 6) is -1.52. The summed E-state index contributed by atoms with van der Waals surface area (Å²) < 4.78 is 0. The third-order valence-electron chi connectivity index (χ3n) is 3.25. The third-order valence-corrected chi connectivity index (χ3v) is 3.25. The van der Waals surface area contributed by atoms with Crippen molar-refractivity contribution in [3.05, 3.63) is 60.7 Å². The van der Waals surface area contributed by atoms with E-state index in [1.807, 2.05) is 36.4 Å². The molecule has 0 saturated carbocycles. The van der Waals surface area contributed by atoms with Gasteiger partial charge in [-0.15, -0.1) is 6.58 Å². The van der Waals surface area contributed by atoms with Gasteiger partial charge in [0.2, 0.25) is 0 Å². The van der Waals surface area contributed by atoms with Crippen molar-refractivity contribution < 1.29 is 14.7 Å². The fourth-order valence-corrected chi connectivity index (χ4v) is 2.17. The Kier molecular flexibility index (Phi) is 5.27. The van der Waals surface area contributed by atoms with Gasteiger partial charge in [-0.1, -0.05) is 48.5 Å². The first-order chi connectivity index (χ1) is 10.6. The summed E-state index contributed by atoms with van der Waals surface area (Å²) in [5, 5.41) is 17.0. The van der Waals surface area contributed by atoms with Crippen LogP contribution in [0.1, 0.15) is 11.7 Å². The maximum absolute atomic E-state index is 11.6. The molecule has 5 heteroatoms. The minimum Gasteiger partial charge on any atom is -0.387 e. The smallest absolute Gasteiger partial charge is 0.309 e. The van der Waals surface area contributed by atoms with Crippen LogP contribution in [-0.4, -0.2) is 30.0 Å². The van der Waals surface area contributed by atoms with Crippen molar-refractivity contribution in [2.24, 2.45) is 0 Å². The Balaban J connectivity index is 2.02. The Morgan fingerprint density at radius 2 is 1.77 bits per heavy atom. The van der Waals surface area contributed by atoms with Crippen molar-refractivity contribution >= 4 is 22.6 Å². The van der Waals surface area contributed by atoms with E-state index >= 15 is 0 Å². The highest BCUT2D eigenvalue weighted by Gasteiger charge is 2.16. The second-order valence-corrected chi connectivity index (χ2v) is 4.79. The predicted molar refractivity (Wildman–Crippen MR) is 85.1 cm³/mol. The van der Waals surface area contributed by atoms with Crippen molar-refractivity contribution in [3.63, 3.8) is 0 Å². The van der Waals surface area contributed by atoms with E-state index in [4.69, 9.17) is 0 Å². The summed E-state index contributed by atoms with van der Waals surface area (Å²) in [6, 6.07) is 13.3. The van der Waals surface area contributed by atoms with Gasteiger partial charge < -0.3 is 15.7 Å². The zero-order valence-electron chi connectivity index (χ0n) is 12.1. The number of fused-ring (bicyclic) bond motifs is 1. The van der Waals surface area contributed by atoms with Gasteiger partial charge >= 0.3 is 11.8 Å². The van der Waals surface area contributed by atoms with Gasteiger partial charge in [-0.05, 0) is 16.3 Å². The zero-order chi connectivity index (χ0) is 15.9. The van der Waals surface area contributed by atoms with Gasteiger partial charge in [-0.3, -0.25) is 9.59 Å². The highest BCUT2D eigenvalue weighted by molar-refractivity contribution is 6.35. The van der Waals surface area contributed by atoms with E-state index in [2.05, 4.69) is 17.2 Å².